The molecule has 0 spiro atoms. The van der Waals surface area contributed by atoms with Gasteiger partial charge in [0.15, 0.2) is 0 Å². The van der Waals surface area contributed by atoms with Crippen LogP contribution in [0.5, 0.6) is 0 Å². The predicted octanol–water partition coefficient (Wildman–Crippen LogP) is 4.40. The first-order valence-corrected chi connectivity index (χ1v) is 5.60. The van der Waals surface area contributed by atoms with Gasteiger partial charge in [0.25, 0.3) is 0 Å². The van der Waals surface area contributed by atoms with Crippen molar-refractivity contribution in [1.82, 2.24) is 0 Å². The number of hydrogen-bond donors (Lipinski definition) is 0. The van der Waals surface area contributed by atoms with Crippen molar-refractivity contribution in [3.05, 3.63) is 70.7 Å². The first-order chi connectivity index (χ1) is 8.29. The van der Waals surface area contributed by atoms with E-state index in [1.165, 1.54) is 0 Å². The number of rotatable bonds is 2. The van der Waals surface area contributed by atoms with Crippen LogP contribution in [0.4, 0.5) is 0 Å². The maximum atomic E-state index is 9.15. The molecule has 0 heterocycles. The Kier molecular flexibility index (Phi) is 3.59. The Morgan fingerprint density at radius 2 is 1.65 bits per heavy atom. The monoisotopic (exact) mass is 239 g/mol. The highest BCUT2D eigenvalue weighted by Crippen LogP contribution is 2.18. The molecule has 82 valence electrons. The molecule has 2 aromatic carbocycles. The van der Waals surface area contributed by atoms with Crippen molar-refractivity contribution in [3.63, 3.8) is 0 Å². The van der Waals surface area contributed by atoms with E-state index in [1.807, 2.05) is 60.7 Å². The summed E-state index contributed by atoms with van der Waals surface area (Å²) in [4.78, 5) is 0. The molecular formula is C15H10ClN. The fraction of sp³-hybridized carbons (Fsp3) is 0. The maximum Gasteiger partial charge on any atom is 0.0998 e. The third-order valence-electron chi connectivity index (χ3n) is 2.39. The summed E-state index contributed by atoms with van der Waals surface area (Å²) in [6, 6.07) is 19.2. The highest BCUT2D eigenvalue weighted by Gasteiger charge is 1.99. The molecule has 0 aliphatic heterocycles. The van der Waals surface area contributed by atoms with E-state index >= 15 is 0 Å². The van der Waals surface area contributed by atoms with Gasteiger partial charge in [-0.25, -0.2) is 0 Å². The number of halogens is 1. The molecule has 1 nitrogen and oxygen atoms in total. The van der Waals surface area contributed by atoms with Crippen LogP contribution >= 0.6 is 11.6 Å². The molecule has 0 amide bonds. The molecule has 0 atom stereocenters. The zero-order valence-electron chi connectivity index (χ0n) is 9.10. The lowest BCUT2D eigenvalue weighted by atomic mass is 10.0. The Balaban J connectivity index is 2.37. The average molecular weight is 240 g/mol. The molecule has 0 saturated carbocycles. The van der Waals surface area contributed by atoms with Crippen LogP contribution in [-0.4, -0.2) is 0 Å². The summed E-state index contributed by atoms with van der Waals surface area (Å²) in [7, 11) is 0. The van der Waals surface area contributed by atoms with E-state index in [0.29, 0.717) is 10.6 Å². The van der Waals surface area contributed by atoms with Crippen molar-refractivity contribution in [1.29, 1.82) is 5.26 Å². The highest BCUT2D eigenvalue weighted by molar-refractivity contribution is 6.30. The van der Waals surface area contributed by atoms with Gasteiger partial charge in [-0.15, -0.1) is 0 Å². The SMILES string of the molecule is N#C/C(=C\c1ccc(Cl)cc1)c1ccccc1. The van der Waals surface area contributed by atoms with Crippen molar-refractivity contribution >= 4 is 23.3 Å². The van der Waals surface area contributed by atoms with Gasteiger partial charge in [0.1, 0.15) is 0 Å². The molecule has 0 unspecified atom stereocenters. The fourth-order valence-electron chi connectivity index (χ4n) is 1.52. The third-order valence-corrected chi connectivity index (χ3v) is 2.64. The molecular weight excluding hydrogens is 230 g/mol. The summed E-state index contributed by atoms with van der Waals surface area (Å²) in [5.41, 5.74) is 2.53. The summed E-state index contributed by atoms with van der Waals surface area (Å²) in [5.74, 6) is 0. The second kappa shape index (κ2) is 5.34. The standard InChI is InChI=1S/C15H10ClN/c16-15-8-6-12(7-9-15)10-14(11-17)13-4-2-1-3-5-13/h1-10H/b14-10+. The number of hydrogen-bond acceptors (Lipinski definition) is 1. The Morgan fingerprint density at radius 3 is 2.24 bits per heavy atom. The van der Waals surface area contributed by atoms with Crippen molar-refractivity contribution < 1.29 is 0 Å². The first kappa shape index (κ1) is 11.4. The van der Waals surface area contributed by atoms with E-state index in [2.05, 4.69) is 6.07 Å². The molecule has 0 aliphatic rings. The van der Waals surface area contributed by atoms with Crippen LogP contribution < -0.4 is 0 Å². The van der Waals surface area contributed by atoms with Crippen molar-refractivity contribution in [2.75, 3.05) is 0 Å². The zero-order valence-corrected chi connectivity index (χ0v) is 9.85. The van der Waals surface area contributed by atoms with Crippen LogP contribution in [0.25, 0.3) is 11.6 Å². The van der Waals surface area contributed by atoms with Gasteiger partial charge in [-0.05, 0) is 29.3 Å². The van der Waals surface area contributed by atoms with E-state index in [1.54, 1.807) is 0 Å². The van der Waals surface area contributed by atoms with Gasteiger partial charge in [-0.3, -0.25) is 0 Å². The molecule has 0 fully saturated rings. The van der Waals surface area contributed by atoms with Crippen LogP contribution in [0.2, 0.25) is 5.02 Å². The molecule has 2 aromatic rings. The predicted molar refractivity (Wildman–Crippen MR) is 71.4 cm³/mol. The van der Waals surface area contributed by atoms with Gasteiger partial charge in [0, 0.05) is 5.02 Å². The lowest BCUT2D eigenvalue weighted by Gasteiger charge is -1.99. The Morgan fingerprint density at radius 1 is 1.00 bits per heavy atom. The minimum absolute atomic E-state index is 0.646. The number of benzene rings is 2. The van der Waals surface area contributed by atoms with Crippen molar-refractivity contribution in [2.45, 2.75) is 0 Å². The summed E-state index contributed by atoms with van der Waals surface area (Å²) < 4.78 is 0. The fourth-order valence-corrected chi connectivity index (χ4v) is 1.65. The van der Waals surface area contributed by atoms with Crippen LogP contribution in [0.3, 0.4) is 0 Å². The van der Waals surface area contributed by atoms with E-state index < -0.39 is 0 Å². The molecule has 17 heavy (non-hydrogen) atoms. The zero-order chi connectivity index (χ0) is 12.1. The van der Waals surface area contributed by atoms with Gasteiger partial charge in [0.05, 0.1) is 11.6 Å². The Labute approximate surface area is 106 Å². The average Bonchev–Trinajstić information content (AvgIpc) is 2.39. The number of allylic oxidation sites excluding steroid dienone is 1. The molecule has 0 bridgehead atoms. The summed E-state index contributed by atoms with van der Waals surface area (Å²) in [6.07, 6.45) is 1.85. The van der Waals surface area contributed by atoms with Crippen molar-refractivity contribution in [3.8, 4) is 6.07 Å². The summed E-state index contributed by atoms with van der Waals surface area (Å²) in [5, 5.41) is 9.85. The van der Waals surface area contributed by atoms with E-state index in [-0.39, 0.29) is 0 Å². The lowest BCUT2D eigenvalue weighted by Crippen LogP contribution is -1.81. The number of nitrogens with zero attached hydrogens (tertiary/aromatic N) is 1. The maximum absolute atomic E-state index is 9.15. The first-order valence-electron chi connectivity index (χ1n) is 5.22. The number of nitriles is 1. The van der Waals surface area contributed by atoms with E-state index in [9.17, 15) is 0 Å². The second-order valence-corrected chi connectivity index (χ2v) is 4.02. The second-order valence-electron chi connectivity index (χ2n) is 3.59. The third kappa shape index (κ3) is 2.96. The highest BCUT2D eigenvalue weighted by atomic mass is 35.5. The van der Waals surface area contributed by atoms with E-state index in [0.717, 1.165) is 11.1 Å². The van der Waals surface area contributed by atoms with Crippen LogP contribution in [-0.2, 0) is 0 Å². The largest absolute Gasteiger partial charge is 0.192 e. The van der Waals surface area contributed by atoms with Crippen LogP contribution in [0.15, 0.2) is 54.6 Å². The van der Waals surface area contributed by atoms with Crippen molar-refractivity contribution in [2.24, 2.45) is 0 Å². The summed E-state index contributed by atoms with van der Waals surface area (Å²) >= 11 is 5.81. The van der Waals surface area contributed by atoms with Gasteiger partial charge in [0.2, 0.25) is 0 Å². The molecule has 0 aromatic heterocycles. The minimum atomic E-state index is 0.646. The van der Waals surface area contributed by atoms with E-state index in [4.69, 9.17) is 16.9 Å². The molecule has 0 aliphatic carbocycles. The normalized spacial score (nSPS) is 10.9. The van der Waals surface area contributed by atoms with Gasteiger partial charge < -0.3 is 0 Å². The molecule has 2 heteroatoms. The quantitative estimate of drug-likeness (QED) is 0.563. The molecule has 0 saturated heterocycles. The topological polar surface area (TPSA) is 23.8 Å². The molecule has 0 radical (unpaired) electrons. The molecule has 0 N–H and O–H groups in total. The van der Waals surface area contributed by atoms with Gasteiger partial charge in [-0.1, -0.05) is 54.1 Å². The summed E-state index contributed by atoms with van der Waals surface area (Å²) in [6.45, 7) is 0. The smallest absolute Gasteiger partial charge is 0.0998 e. The molecule has 2 rings (SSSR count). The van der Waals surface area contributed by atoms with Gasteiger partial charge >= 0.3 is 0 Å². The van der Waals surface area contributed by atoms with Crippen LogP contribution in [0, 0.1) is 11.3 Å². The lowest BCUT2D eigenvalue weighted by molar-refractivity contribution is 1.52. The minimum Gasteiger partial charge on any atom is -0.192 e. The van der Waals surface area contributed by atoms with Crippen LogP contribution in [0.1, 0.15) is 11.1 Å². The Hall–Kier alpha value is -2.04. The van der Waals surface area contributed by atoms with Gasteiger partial charge in [-0.2, -0.15) is 5.26 Å². The Bertz CT molecular complexity index is 562.